The summed E-state index contributed by atoms with van der Waals surface area (Å²) < 4.78 is 46.2. The molecule has 8 heteroatoms. The van der Waals surface area contributed by atoms with Crippen molar-refractivity contribution in [2.45, 2.75) is 12.7 Å². The largest absolute Gasteiger partial charge is 0.416 e. The molecule has 0 fully saturated rings. The second kappa shape index (κ2) is 9.61. The van der Waals surface area contributed by atoms with Crippen molar-refractivity contribution in [2.24, 2.45) is 0 Å². The SMILES string of the molecule is FC(F)(F)c1ccccc1Cn1c(-c2cn(-c3ccccc3)nc2-c2ccc(Br)cc2)nc2ccccc21. The Balaban J connectivity index is 1.59. The van der Waals surface area contributed by atoms with Crippen molar-refractivity contribution in [2.75, 3.05) is 0 Å². The number of benzene rings is 4. The van der Waals surface area contributed by atoms with Crippen molar-refractivity contribution in [3.63, 3.8) is 0 Å². The van der Waals surface area contributed by atoms with Gasteiger partial charge in [0.05, 0.1) is 34.4 Å². The predicted octanol–water partition coefficient (Wildman–Crippen LogP) is 8.39. The lowest BCUT2D eigenvalue weighted by Crippen LogP contribution is -2.12. The highest BCUT2D eigenvalue weighted by Crippen LogP contribution is 2.37. The number of nitrogens with zero attached hydrogens (tertiary/aromatic N) is 4. The lowest BCUT2D eigenvalue weighted by atomic mass is 10.1. The van der Waals surface area contributed by atoms with Crippen LogP contribution in [0, 0.1) is 0 Å². The summed E-state index contributed by atoms with van der Waals surface area (Å²) in [7, 11) is 0. The topological polar surface area (TPSA) is 35.6 Å². The standard InChI is InChI=1S/C30H20BrF3N4/c31-22-16-14-20(15-17-22)28-24(19-38(36-28)23-9-2-1-3-10-23)29-35-26-12-6-7-13-27(26)37(29)18-21-8-4-5-11-25(21)30(32,33)34/h1-17,19H,18H2. The first-order valence-corrected chi connectivity index (χ1v) is 12.7. The fraction of sp³-hybridized carbons (Fsp3) is 0.0667. The molecule has 0 saturated heterocycles. The van der Waals surface area contributed by atoms with Gasteiger partial charge in [0, 0.05) is 16.2 Å². The average molecular weight is 573 g/mol. The molecule has 6 aromatic rings. The van der Waals surface area contributed by atoms with E-state index in [9.17, 15) is 13.2 Å². The summed E-state index contributed by atoms with van der Waals surface area (Å²) >= 11 is 3.48. The van der Waals surface area contributed by atoms with Crippen LogP contribution in [0.2, 0.25) is 0 Å². The van der Waals surface area contributed by atoms with Gasteiger partial charge in [-0.3, -0.25) is 0 Å². The summed E-state index contributed by atoms with van der Waals surface area (Å²) in [4.78, 5) is 4.90. The normalized spacial score (nSPS) is 11.8. The molecule has 0 spiro atoms. The second-order valence-electron chi connectivity index (χ2n) is 8.84. The van der Waals surface area contributed by atoms with Crippen LogP contribution >= 0.6 is 15.9 Å². The first kappa shape index (κ1) is 24.2. The molecule has 38 heavy (non-hydrogen) atoms. The molecule has 2 heterocycles. The van der Waals surface area contributed by atoms with E-state index < -0.39 is 11.7 Å². The lowest BCUT2D eigenvalue weighted by Gasteiger charge is -2.15. The van der Waals surface area contributed by atoms with E-state index in [2.05, 4.69) is 15.9 Å². The van der Waals surface area contributed by atoms with Crippen LogP contribution in [0.4, 0.5) is 13.2 Å². The number of hydrogen-bond acceptors (Lipinski definition) is 2. The Morgan fingerprint density at radius 3 is 2.21 bits per heavy atom. The number of aromatic nitrogens is 4. The minimum Gasteiger partial charge on any atom is -0.319 e. The molecule has 0 N–H and O–H groups in total. The molecule has 4 aromatic carbocycles. The zero-order valence-electron chi connectivity index (χ0n) is 19.9. The minimum atomic E-state index is -4.46. The summed E-state index contributed by atoms with van der Waals surface area (Å²) in [6.45, 7) is 0.00181. The van der Waals surface area contributed by atoms with Crippen molar-refractivity contribution in [1.82, 2.24) is 19.3 Å². The summed E-state index contributed by atoms with van der Waals surface area (Å²) in [5, 5.41) is 4.90. The number of halogens is 4. The van der Waals surface area contributed by atoms with E-state index in [0.29, 0.717) is 17.0 Å². The Hall–Kier alpha value is -4.17. The Labute approximate surface area is 225 Å². The van der Waals surface area contributed by atoms with Gasteiger partial charge in [-0.2, -0.15) is 18.3 Å². The zero-order chi connectivity index (χ0) is 26.3. The van der Waals surface area contributed by atoms with Crippen LogP contribution < -0.4 is 0 Å². The molecule has 4 nitrogen and oxygen atoms in total. The van der Waals surface area contributed by atoms with Gasteiger partial charge in [-0.15, -0.1) is 0 Å². The summed E-state index contributed by atoms with van der Waals surface area (Å²) in [5.74, 6) is 0.545. The Bertz CT molecular complexity index is 1740. The zero-order valence-corrected chi connectivity index (χ0v) is 21.5. The third kappa shape index (κ3) is 4.52. The van der Waals surface area contributed by atoms with E-state index in [-0.39, 0.29) is 12.1 Å². The molecule has 0 amide bonds. The van der Waals surface area contributed by atoms with Gasteiger partial charge in [-0.25, -0.2) is 9.67 Å². The van der Waals surface area contributed by atoms with E-state index >= 15 is 0 Å². The van der Waals surface area contributed by atoms with Gasteiger partial charge in [0.2, 0.25) is 0 Å². The number of rotatable bonds is 5. The number of hydrogen-bond donors (Lipinski definition) is 0. The quantitative estimate of drug-likeness (QED) is 0.208. The molecule has 6 rings (SSSR count). The van der Waals surface area contributed by atoms with E-state index in [1.54, 1.807) is 10.7 Å². The maximum Gasteiger partial charge on any atom is 0.416 e. The highest BCUT2D eigenvalue weighted by atomic mass is 79.9. The predicted molar refractivity (Wildman–Crippen MR) is 146 cm³/mol. The van der Waals surface area contributed by atoms with Gasteiger partial charge in [-0.1, -0.05) is 76.6 Å². The Morgan fingerprint density at radius 2 is 1.45 bits per heavy atom. The van der Waals surface area contributed by atoms with Gasteiger partial charge >= 0.3 is 6.18 Å². The van der Waals surface area contributed by atoms with Gasteiger partial charge in [0.15, 0.2) is 0 Å². The summed E-state index contributed by atoms with van der Waals surface area (Å²) in [5.41, 5.74) is 4.09. The van der Waals surface area contributed by atoms with Crippen molar-refractivity contribution in [1.29, 1.82) is 0 Å². The fourth-order valence-electron chi connectivity index (χ4n) is 4.62. The molecule has 0 radical (unpaired) electrons. The number of alkyl halides is 3. The van der Waals surface area contributed by atoms with Crippen molar-refractivity contribution < 1.29 is 13.2 Å². The third-order valence-electron chi connectivity index (χ3n) is 6.40. The maximum absolute atomic E-state index is 13.9. The lowest BCUT2D eigenvalue weighted by molar-refractivity contribution is -0.138. The van der Waals surface area contributed by atoms with E-state index in [1.165, 1.54) is 12.1 Å². The Morgan fingerprint density at radius 1 is 0.763 bits per heavy atom. The maximum atomic E-state index is 13.9. The van der Waals surface area contributed by atoms with Crippen LogP contribution in [-0.2, 0) is 12.7 Å². The molecule has 0 aliphatic heterocycles. The highest BCUT2D eigenvalue weighted by Gasteiger charge is 2.33. The molecule has 0 aliphatic carbocycles. The van der Waals surface area contributed by atoms with Crippen LogP contribution in [0.15, 0.2) is 114 Å². The first-order chi connectivity index (χ1) is 18.4. The Kier molecular flexibility index (Phi) is 6.12. The van der Waals surface area contributed by atoms with Gasteiger partial charge in [0.1, 0.15) is 11.5 Å². The number of imidazole rings is 1. The monoisotopic (exact) mass is 572 g/mol. The molecule has 0 atom stereocenters. The van der Waals surface area contributed by atoms with Crippen LogP contribution in [0.25, 0.3) is 39.4 Å². The van der Waals surface area contributed by atoms with Crippen molar-refractivity contribution >= 4 is 27.0 Å². The smallest absolute Gasteiger partial charge is 0.319 e. The van der Waals surface area contributed by atoms with E-state index in [1.807, 2.05) is 89.6 Å². The first-order valence-electron chi connectivity index (χ1n) is 11.9. The summed E-state index contributed by atoms with van der Waals surface area (Å²) in [6.07, 6.45) is -2.58. The van der Waals surface area contributed by atoms with Crippen molar-refractivity contribution in [3.05, 3.63) is 125 Å². The number of fused-ring (bicyclic) bond motifs is 1. The van der Waals surface area contributed by atoms with Crippen LogP contribution in [0.5, 0.6) is 0 Å². The van der Waals surface area contributed by atoms with E-state index in [4.69, 9.17) is 10.1 Å². The van der Waals surface area contributed by atoms with Gasteiger partial charge in [0.25, 0.3) is 0 Å². The highest BCUT2D eigenvalue weighted by molar-refractivity contribution is 9.10. The van der Waals surface area contributed by atoms with Gasteiger partial charge in [-0.05, 0) is 48.0 Å². The minimum absolute atomic E-state index is 0.00181. The molecule has 0 bridgehead atoms. The molecule has 0 aliphatic rings. The molecule has 2 aromatic heterocycles. The van der Waals surface area contributed by atoms with E-state index in [0.717, 1.165) is 32.9 Å². The second-order valence-corrected chi connectivity index (χ2v) is 9.76. The average Bonchev–Trinajstić information content (AvgIpc) is 3.52. The van der Waals surface area contributed by atoms with Gasteiger partial charge < -0.3 is 4.57 Å². The number of para-hydroxylation sites is 3. The fourth-order valence-corrected chi connectivity index (χ4v) is 4.88. The molecular formula is C30H20BrF3N4. The van der Waals surface area contributed by atoms with Crippen molar-refractivity contribution in [3.8, 4) is 28.3 Å². The molecule has 188 valence electrons. The van der Waals surface area contributed by atoms with Crippen LogP contribution in [0.3, 0.4) is 0 Å². The van der Waals surface area contributed by atoms with Crippen LogP contribution in [0.1, 0.15) is 11.1 Å². The van der Waals surface area contributed by atoms with Crippen LogP contribution in [-0.4, -0.2) is 19.3 Å². The molecule has 0 saturated carbocycles. The molecular weight excluding hydrogens is 553 g/mol. The molecule has 0 unspecified atom stereocenters. The third-order valence-corrected chi connectivity index (χ3v) is 6.93. The summed E-state index contributed by atoms with van der Waals surface area (Å²) in [6, 6.07) is 30.6.